The first kappa shape index (κ1) is 22.1. The Balaban J connectivity index is 2.17. The molecule has 2 aromatic carbocycles. The van der Waals surface area contributed by atoms with E-state index >= 15 is 0 Å². The summed E-state index contributed by atoms with van der Waals surface area (Å²) in [4.78, 5) is 11.1. The van der Waals surface area contributed by atoms with Crippen molar-refractivity contribution in [2.75, 3.05) is 5.32 Å². The number of hydrogen-bond donors (Lipinski definition) is 1. The number of benzene rings is 2. The summed E-state index contributed by atoms with van der Waals surface area (Å²) < 4.78 is 1.66. The predicted molar refractivity (Wildman–Crippen MR) is 124 cm³/mol. The predicted octanol–water partition coefficient (Wildman–Crippen LogP) is 4.24. The third-order valence-electron chi connectivity index (χ3n) is 4.95. The first-order valence-electron chi connectivity index (χ1n) is 9.71. The second kappa shape index (κ2) is 9.06. The Hall–Kier alpha value is -3.58. The molecule has 0 aliphatic heterocycles. The summed E-state index contributed by atoms with van der Waals surface area (Å²) in [5, 5.41) is 28.1. The molecule has 158 valence electrons. The summed E-state index contributed by atoms with van der Waals surface area (Å²) in [7, 11) is 0. The molecule has 7 heteroatoms. The van der Waals surface area contributed by atoms with Crippen LogP contribution in [0.1, 0.15) is 27.8 Å². The van der Waals surface area contributed by atoms with Crippen molar-refractivity contribution >= 4 is 40.0 Å². The number of hydrogen-bond acceptors (Lipinski definition) is 4. The van der Waals surface area contributed by atoms with E-state index in [-0.39, 0.29) is 21.9 Å². The van der Waals surface area contributed by atoms with Crippen LogP contribution in [-0.4, -0.2) is 9.91 Å². The summed E-state index contributed by atoms with van der Waals surface area (Å²) in [5.74, 6) is -0.401. The standard InChI is InChI=1S/C24H23N3O3S/c1-15-7-8-17(3)20(12-15)25-24(31)22(26-11-5-6-16(2)14-26)23(28)19-10-9-18(4)21(13-19)27(29)30/h5-14H,1-4H3,(H-,25,28,31). The number of nitro benzene ring substituents is 1. The van der Waals surface area contributed by atoms with Crippen LogP contribution in [-0.2, 0) is 0 Å². The van der Waals surface area contributed by atoms with E-state index in [9.17, 15) is 15.2 Å². The Morgan fingerprint density at radius 3 is 2.39 bits per heavy atom. The highest BCUT2D eigenvalue weighted by molar-refractivity contribution is 7.81. The number of anilines is 1. The third kappa shape index (κ3) is 4.95. The number of aromatic nitrogens is 1. The summed E-state index contributed by atoms with van der Waals surface area (Å²) >= 11 is 5.65. The number of rotatable bonds is 5. The average Bonchev–Trinajstić information content (AvgIpc) is 2.71. The Bertz CT molecular complexity index is 1220. The van der Waals surface area contributed by atoms with Crippen LogP contribution in [0, 0.1) is 37.8 Å². The van der Waals surface area contributed by atoms with Crippen molar-refractivity contribution in [3.8, 4) is 0 Å². The van der Waals surface area contributed by atoms with Crippen LogP contribution in [0.4, 0.5) is 11.4 Å². The highest BCUT2D eigenvalue weighted by atomic mass is 32.1. The van der Waals surface area contributed by atoms with Crippen molar-refractivity contribution in [1.82, 2.24) is 0 Å². The van der Waals surface area contributed by atoms with Gasteiger partial charge in [0.05, 0.1) is 4.92 Å². The van der Waals surface area contributed by atoms with Gasteiger partial charge in [-0.05, 0) is 62.3 Å². The summed E-state index contributed by atoms with van der Waals surface area (Å²) in [6, 6.07) is 14.1. The van der Waals surface area contributed by atoms with E-state index in [4.69, 9.17) is 12.2 Å². The maximum atomic E-state index is 13.5. The van der Waals surface area contributed by atoms with Gasteiger partial charge in [0.15, 0.2) is 17.4 Å². The fourth-order valence-electron chi connectivity index (χ4n) is 3.21. The van der Waals surface area contributed by atoms with E-state index < -0.39 is 10.7 Å². The molecule has 1 heterocycles. The number of nitro groups is 1. The smallest absolute Gasteiger partial charge is 0.272 e. The van der Waals surface area contributed by atoms with Gasteiger partial charge in [0, 0.05) is 28.9 Å². The van der Waals surface area contributed by atoms with Crippen LogP contribution in [0.25, 0.3) is 11.5 Å². The van der Waals surface area contributed by atoms with E-state index in [1.54, 1.807) is 36.0 Å². The molecule has 0 radical (unpaired) electrons. The normalized spacial score (nSPS) is 11.6. The number of thiocarbonyl (C=S) groups is 1. The second-order valence-electron chi connectivity index (χ2n) is 7.50. The molecule has 0 unspecified atom stereocenters. The lowest BCUT2D eigenvalue weighted by Crippen LogP contribution is -2.40. The zero-order valence-electron chi connectivity index (χ0n) is 17.8. The van der Waals surface area contributed by atoms with Crippen LogP contribution in [0.5, 0.6) is 0 Å². The van der Waals surface area contributed by atoms with Gasteiger partial charge in [0.2, 0.25) is 5.70 Å². The summed E-state index contributed by atoms with van der Waals surface area (Å²) in [5.41, 5.74) is 4.59. The van der Waals surface area contributed by atoms with Gasteiger partial charge < -0.3 is 10.4 Å². The second-order valence-corrected chi connectivity index (χ2v) is 7.91. The lowest BCUT2D eigenvalue weighted by Gasteiger charge is -2.18. The lowest BCUT2D eigenvalue weighted by molar-refractivity contribution is -0.578. The largest absolute Gasteiger partial charge is 0.867 e. The molecule has 0 aliphatic rings. The Morgan fingerprint density at radius 2 is 1.71 bits per heavy atom. The van der Waals surface area contributed by atoms with Gasteiger partial charge in [-0.3, -0.25) is 10.1 Å². The monoisotopic (exact) mass is 433 g/mol. The van der Waals surface area contributed by atoms with E-state index in [1.807, 2.05) is 51.1 Å². The maximum Gasteiger partial charge on any atom is 0.272 e. The number of nitrogens with one attached hydrogen (secondary N) is 1. The molecule has 3 rings (SSSR count). The summed E-state index contributed by atoms with van der Waals surface area (Å²) in [6.07, 6.45) is 3.53. The fourth-order valence-corrected chi connectivity index (χ4v) is 3.51. The van der Waals surface area contributed by atoms with Crippen molar-refractivity contribution in [2.45, 2.75) is 27.7 Å². The molecule has 0 spiro atoms. The molecular formula is C24H23N3O3S. The van der Waals surface area contributed by atoms with Crippen molar-refractivity contribution in [3.63, 3.8) is 0 Å². The number of pyridine rings is 1. The molecule has 0 fully saturated rings. The van der Waals surface area contributed by atoms with E-state index in [0.29, 0.717) is 5.56 Å². The molecule has 0 saturated carbocycles. The Kier molecular flexibility index (Phi) is 6.46. The number of aryl methyl sites for hydroxylation is 4. The van der Waals surface area contributed by atoms with Gasteiger partial charge >= 0.3 is 0 Å². The first-order valence-corrected chi connectivity index (χ1v) is 10.1. The molecule has 3 aromatic rings. The Labute approximate surface area is 186 Å². The highest BCUT2D eigenvalue weighted by Gasteiger charge is 2.21. The first-order chi connectivity index (χ1) is 14.7. The molecule has 0 atom stereocenters. The van der Waals surface area contributed by atoms with E-state index in [1.165, 1.54) is 6.07 Å². The van der Waals surface area contributed by atoms with Gasteiger partial charge in [0.1, 0.15) is 0 Å². The molecule has 0 saturated heterocycles. The van der Waals surface area contributed by atoms with E-state index in [2.05, 4.69) is 5.32 Å². The van der Waals surface area contributed by atoms with Crippen LogP contribution in [0.2, 0.25) is 0 Å². The minimum absolute atomic E-state index is 0.104. The summed E-state index contributed by atoms with van der Waals surface area (Å²) in [6.45, 7) is 7.48. The molecule has 0 aliphatic carbocycles. The van der Waals surface area contributed by atoms with Gasteiger partial charge in [-0.1, -0.05) is 36.5 Å². The SMILES string of the molecule is Cc1ccc(C)c(NC(=S)/C(=C(\[O-])c2ccc(C)c([N+](=O)[O-])c2)[n+]2cccc(C)c2)c1. The van der Waals surface area contributed by atoms with Crippen molar-refractivity contribution in [3.05, 3.63) is 98.9 Å². The molecular weight excluding hydrogens is 410 g/mol. The quantitative estimate of drug-likeness (QED) is 0.163. The minimum Gasteiger partial charge on any atom is -0.867 e. The van der Waals surface area contributed by atoms with Crippen LogP contribution in [0.3, 0.4) is 0 Å². The van der Waals surface area contributed by atoms with Crippen molar-refractivity contribution in [1.29, 1.82) is 0 Å². The van der Waals surface area contributed by atoms with Crippen LogP contribution < -0.4 is 15.0 Å². The van der Waals surface area contributed by atoms with Gasteiger partial charge in [-0.15, -0.1) is 0 Å². The van der Waals surface area contributed by atoms with Crippen LogP contribution >= 0.6 is 12.2 Å². The fraction of sp³-hybridized carbons (Fsp3) is 0.167. The van der Waals surface area contributed by atoms with Crippen molar-refractivity contribution < 1.29 is 14.6 Å². The molecule has 1 N–H and O–H groups in total. The topological polar surface area (TPSA) is 82.1 Å². The highest BCUT2D eigenvalue weighted by Crippen LogP contribution is 2.25. The van der Waals surface area contributed by atoms with Crippen LogP contribution in [0.15, 0.2) is 60.9 Å². The van der Waals surface area contributed by atoms with E-state index in [0.717, 1.165) is 22.4 Å². The zero-order chi connectivity index (χ0) is 22.7. The van der Waals surface area contributed by atoms with Crippen molar-refractivity contribution in [2.24, 2.45) is 0 Å². The average molecular weight is 434 g/mol. The molecule has 6 nitrogen and oxygen atoms in total. The molecule has 1 aromatic heterocycles. The lowest BCUT2D eigenvalue weighted by atomic mass is 10.1. The number of nitrogens with zero attached hydrogens (tertiary/aromatic N) is 2. The minimum atomic E-state index is -0.488. The van der Waals surface area contributed by atoms with Gasteiger partial charge in [-0.25, -0.2) is 0 Å². The van der Waals surface area contributed by atoms with Gasteiger partial charge in [0.25, 0.3) is 5.69 Å². The third-order valence-corrected chi connectivity index (χ3v) is 5.24. The zero-order valence-corrected chi connectivity index (χ0v) is 18.6. The Morgan fingerprint density at radius 1 is 1.00 bits per heavy atom. The molecule has 0 bridgehead atoms. The van der Waals surface area contributed by atoms with Gasteiger partial charge in [-0.2, -0.15) is 4.57 Å². The maximum absolute atomic E-state index is 13.5. The molecule has 0 amide bonds. The molecule has 31 heavy (non-hydrogen) atoms.